The maximum absolute atomic E-state index is 9.78. The van der Waals surface area contributed by atoms with Gasteiger partial charge in [0.05, 0.1) is 27.9 Å². The van der Waals surface area contributed by atoms with Crippen molar-refractivity contribution < 1.29 is 5.48 Å². The molecule has 11 aromatic rings. The van der Waals surface area contributed by atoms with E-state index in [4.69, 9.17) is 0 Å². The zero-order valence-corrected chi connectivity index (χ0v) is 32.7. The molecule has 0 saturated heterocycles. The Bertz CT molecular complexity index is 3490. The zero-order chi connectivity index (χ0) is 43.3. The van der Waals surface area contributed by atoms with E-state index in [0.717, 1.165) is 77.3 Å². The predicted molar refractivity (Wildman–Crippen MR) is 255 cm³/mol. The van der Waals surface area contributed by atoms with Crippen LogP contribution in [0.25, 0.3) is 82.8 Å². The van der Waals surface area contributed by atoms with E-state index in [0.29, 0.717) is 11.3 Å². The highest BCUT2D eigenvalue weighted by molar-refractivity contribution is 6.11. The summed E-state index contributed by atoms with van der Waals surface area (Å²) in [7, 11) is 0. The molecule has 2 nitrogen and oxygen atoms in total. The van der Waals surface area contributed by atoms with Crippen LogP contribution in [0.5, 0.6) is 0 Å². The van der Waals surface area contributed by atoms with Crippen molar-refractivity contribution in [3.63, 3.8) is 0 Å². The number of hydrogen-bond donors (Lipinski definition) is 0. The third kappa shape index (κ3) is 6.32. The van der Waals surface area contributed by atoms with Gasteiger partial charge in [0.25, 0.3) is 0 Å². The third-order valence-electron chi connectivity index (χ3n) is 11.5. The minimum atomic E-state index is -0.129. The van der Waals surface area contributed by atoms with Gasteiger partial charge in [-0.05, 0) is 98.9 Å². The Morgan fingerprint density at radius 3 is 1.60 bits per heavy atom. The molecule has 0 saturated carbocycles. The van der Waals surface area contributed by atoms with Crippen molar-refractivity contribution in [1.29, 1.82) is 0 Å². The molecule has 2 heteroatoms. The number of fused-ring (bicyclic) bond motifs is 4. The average molecular weight is 769 g/mol. The predicted octanol–water partition coefficient (Wildman–Crippen LogP) is 16.1. The molecule has 282 valence electrons. The first kappa shape index (κ1) is 31.1. The van der Waals surface area contributed by atoms with Crippen LogP contribution < -0.4 is 4.90 Å². The van der Waals surface area contributed by atoms with Crippen molar-refractivity contribution in [3.8, 4) is 50.2 Å². The molecule has 0 fully saturated rings. The van der Waals surface area contributed by atoms with E-state index in [9.17, 15) is 5.48 Å². The Morgan fingerprint density at radius 2 is 0.867 bits per heavy atom. The van der Waals surface area contributed by atoms with Gasteiger partial charge in [-0.3, -0.25) is 0 Å². The van der Waals surface area contributed by atoms with Crippen molar-refractivity contribution in [3.05, 3.63) is 243 Å². The van der Waals surface area contributed by atoms with E-state index in [2.05, 4.69) is 108 Å². The maximum Gasteiger partial charge on any atom is 0.0645 e. The summed E-state index contributed by atoms with van der Waals surface area (Å²) in [6, 6.07) is 73.5. The first-order valence-corrected chi connectivity index (χ1v) is 20.3. The average Bonchev–Trinajstić information content (AvgIpc) is 3.69. The smallest absolute Gasteiger partial charge is 0.0645 e. The molecule has 0 unspecified atom stereocenters. The van der Waals surface area contributed by atoms with Gasteiger partial charge in [0.15, 0.2) is 0 Å². The van der Waals surface area contributed by atoms with Crippen LogP contribution in [-0.4, -0.2) is 4.57 Å². The molecule has 1 aromatic heterocycles. The molecular weight excluding hydrogens is 725 g/mol. The first-order valence-electron chi connectivity index (χ1n) is 22.3. The molecule has 0 spiro atoms. The van der Waals surface area contributed by atoms with Crippen LogP contribution in [0.2, 0.25) is 0 Å². The van der Waals surface area contributed by atoms with Crippen molar-refractivity contribution in [2.75, 3.05) is 4.90 Å². The highest BCUT2D eigenvalue weighted by atomic mass is 15.1. The highest BCUT2D eigenvalue weighted by Crippen LogP contribution is 2.43. The van der Waals surface area contributed by atoms with Gasteiger partial charge < -0.3 is 9.47 Å². The maximum atomic E-state index is 9.78. The molecule has 11 rings (SSSR count). The number of anilines is 3. The summed E-state index contributed by atoms with van der Waals surface area (Å²) < 4.78 is 41.2. The Kier molecular flexibility index (Phi) is 7.83. The molecule has 0 aliphatic carbocycles. The lowest BCUT2D eigenvalue weighted by molar-refractivity contribution is 1.20. The summed E-state index contributed by atoms with van der Waals surface area (Å²) >= 11 is 0. The number of hydrogen-bond acceptors (Lipinski definition) is 1. The van der Waals surface area contributed by atoms with Crippen LogP contribution in [0.3, 0.4) is 0 Å². The Hall–Kier alpha value is -7.94. The topological polar surface area (TPSA) is 8.17 Å². The SMILES string of the molecule is [2H]c1c([2H])c(N(c2ccc(-c3ccccc3)cc2)c2ccccc2-c2ccc(-c3ccccc3)cc2)c([2H])c([2H])c1-c1ccc2c(c1)c1ccccc1n2-c1cccc2ccccc12. The molecule has 60 heavy (non-hydrogen) atoms. The Balaban J connectivity index is 1.08. The quantitative estimate of drug-likeness (QED) is 0.149. The van der Waals surface area contributed by atoms with Crippen LogP contribution in [0, 0.1) is 0 Å². The van der Waals surface area contributed by atoms with Crippen LogP contribution in [-0.2, 0) is 0 Å². The standard InChI is InChI=1S/C58H40N2/c1-3-14-41(15-4-1)43-26-28-47(29-27-43)52-21-9-11-23-55(52)59(49-35-30-44(31-36-49)42-16-5-2-6-17-42)50-37-32-45(33-38-50)48-34-39-58-54(40-48)53-22-10-12-24-57(53)60(58)56-25-13-19-46-18-7-8-20-51(46)56/h1-40H/i32D,33D,37D,38D. The number of aromatic nitrogens is 1. The summed E-state index contributed by atoms with van der Waals surface area (Å²) in [5.41, 5.74) is 11.8. The summed E-state index contributed by atoms with van der Waals surface area (Å²) in [6.07, 6.45) is 0. The van der Waals surface area contributed by atoms with Gasteiger partial charge in [-0.15, -0.1) is 0 Å². The van der Waals surface area contributed by atoms with Crippen LogP contribution in [0.1, 0.15) is 5.48 Å². The minimum absolute atomic E-state index is 0.108. The molecule has 0 aliphatic rings. The number of nitrogens with zero attached hydrogens (tertiary/aromatic N) is 2. The molecular formula is C58H40N2. The minimum Gasteiger partial charge on any atom is -0.310 e. The Labute approximate surface area is 356 Å². The summed E-state index contributed by atoms with van der Waals surface area (Å²) in [5, 5.41) is 4.29. The van der Waals surface area contributed by atoms with Gasteiger partial charge in [-0.25, -0.2) is 0 Å². The largest absolute Gasteiger partial charge is 0.310 e. The van der Waals surface area contributed by atoms with E-state index < -0.39 is 0 Å². The summed E-state index contributed by atoms with van der Waals surface area (Å²) in [6.45, 7) is 0. The molecule has 0 amide bonds. The molecule has 10 aromatic carbocycles. The molecule has 0 aliphatic heterocycles. The van der Waals surface area contributed by atoms with Gasteiger partial charge in [-0.1, -0.05) is 188 Å². The van der Waals surface area contributed by atoms with E-state index in [-0.39, 0.29) is 35.4 Å². The van der Waals surface area contributed by atoms with Crippen LogP contribution in [0.4, 0.5) is 17.1 Å². The fourth-order valence-electron chi connectivity index (χ4n) is 8.56. The first-order chi connectivity index (χ1) is 31.4. The second-order valence-electron chi connectivity index (χ2n) is 15.0. The second-order valence-corrected chi connectivity index (χ2v) is 15.0. The lowest BCUT2D eigenvalue weighted by Gasteiger charge is -2.28. The van der Waals surface area contributed by atoms with Gasteiger partial charge in [0.2, 0.25) is 0 Å². The lowest BCUT2D eigenvalue weighted by atomic mass is 9.98. The van der Waals surface area contributed by atoms with E-state index in [1.807, 2.05) is 120 Å². The second kappa shape index (κ2) is 15.1. The van der Waals surface area contributed by atoms with Gasteiger partial charge in [0, 0.05) is 33.1 Å². The highest BCUT2D eigenvalue weighted by Gasteiger charge is 2.19. The van der Waals surface area contributed by atoms with E-state index >= 15 is 0 Å². The number of rotatable bonds is 8. The van der Waals surface area contributed by atoms with Crippen LogP contribution in [0.15, 0.2) is 243 Å². The van der Waals surface area contributed by atoms with Crippen molar-refractivity contribution >= 4 is 49.6 Å². The van der Waals surface area contributed by atoms with Gasteiger partial charge in [0.1, 0.15) is 0 Å². The van der Waals surface area contributed by atoms with Gasteiger partial charge in [-0.2, -0.15) is 0 Å². The lowest BCUT2D eigenvalue weighted by Crippen LogP contribution is -2.11. The van der Waals surface area contributed by atoms with Crippen LogP contribution >= 0.6 is 0 Å². The molecule has 0 radical (unpaired) electrons. The fourth-order valence-corrected chi connectivity index (χ4v) is 8.56. The normalized spacial score (nSPS) is 12.3. The third-order valence-corrected chi connectivity index (χ3v) is 11.5. The fraction of sp³-hybridized carbons (Fsp3) is 0. The van der Waals surface area contributed by atoms with E-state index in [1.54, 1.807) is 0 Å². The summed E-state index contributed by atoms with van der Waals surface area (Å²) in [5.74, 6) is 0. The molecule has 0 atom stereocenters. The Morgan fingerprint density at radius 1 is 0.333 bits per heavy atom. The van der Waals surface area contributed by atoms with Gasteiger partial charge >= 0.3 is 0 Å². The molecule has 1 heterocycles. The van der Waals surface area contributed by atoms with Crippen molar-refractivity contribution in [2.45, 2.75) is 0 Å². The number of benzene rings is 10. The summed E-state index contributed by atoms with van der Waals surface area (Å²) in [4.78, 5) is 1.89. The van der Waals surface area contributed by atoms with E-state index in [1.165, 1.54) is 0 Å². The molecule has 0 bridgehead atoms. The monoisotopic (exact) mass is 768 g/mol. The number of para-hydroxylation sites is 2. The molecule has 0 N–H and O–H groups in total. The van der Waals surface area contributed by atoms with Crippen molar-refractivity contribution in [1.82, 2.24) is 4.57 Å². The van der Waals surface area contributed by atoms with Crippen molar-refractivity contribution in [2.24, 2.45) is 0 Å². The zero-order valence-electron chi connectivity index (χ0n) is 36.7.